The van der Waals surface area contributed by atoms with Crippen LogP contribution >= 0.6 is 11.6 Å². The summed E-state index contributed by atoms with van der Waals surface area (Å²) in [5.41, 5.74) is 15.3. The maximum atomic E-state index is 6.18. The van der Waals surface area contributed by atoms with Gasteiger partial charge < -0.3 is 16.2 Å². The molecule has 122 valence electrons. The van der Waals surface area contributed by atoms with Gasteiger partial charge in [-0.1, -0.05) is 12.1 Å². The van der Waals surface area contributed by atoms with Crippen LogP contribution in [-0.2, 0) is 6.61 Å². The van der Waals surface area contributed by atoms with E-state index in [-0.39, 0.29) is 0 Å². The van der Waals surface area contributed by atoms with Gasteiger partial charge >= 0.3 is 0 Å². The molecule has 4 N–H and O–H groups in total. The molecule has 0 aromatic heterocycles. The largest absolute Gasteiger partial charge is 0.489 e. The lowest BCUT2D eigenvalue weighted by atomic mass is 9.84. The van der Waals surface area contributed by atoms with Crippen LogP contribution in [0.15, 0.2) is 42.5 Å². The van der Waals surface area contributed by atoms with Crippen molar-refractivity contribution < 1.29 is 4.74 Å². The van der Waals surface area contributed by atoms with Gasteiger partial charge in [-0.2, -0.15) is 0 Å². The number of anilines is 2. The topological polar surface area (TPSA) is 61.3 Å². The van der Waals surface area contributed by atoms with Crippen molar-refractivity contribution in [1.29, 1.82) is 0 Å². The summed E-state index contributed by atoms with van der Waals surface area (Å²) >= 11 is 6.18. The molecular formula is C19H23ClN2O. The lowest BCUT2D eigenvalue weighted by molar-refractivity contribution is 0.306. The summed E-state index contributed by atoms with van der Waals surface area (Å²) in [6, 6.07) is 13.9. The SMILES string of the molecule is Nc1cc(N)cc(COc2ccc(C3CCC(Cl)CC3)cc2)c1. The highest BCUT2D eigenvalue weighted by Crippen LogP contribution is 2.35. The zero-order chi connectivity index (χ0) is 16.2. The Bertz CT molecular complexity index is 629. The Kier molecular flexibility index (Phi) is 4.97. The van der Waals surface area contributed by atoms with Gasteiger partial charge in [0.1, 0.15) is 12.4 Å². The molecule has 0 radical (unpaired) electrons. The van der Waals surface area contributed by atoms with E-state index in [0.29, 0.717) is 29.3 Å². The molecule has 0 aliphatic heterocycles. The zero-order valence-corrected chi connectivity index (χ0v) is 13.9. The number of alkyl halides is 1. The van der Waals surface area contributed by atoms with Crippen LogP contribution in [0.4, 0.5) is 11.4 Å². The van der Waals surface area contributed by atoms with Gasteiger partial charge in [-0.3, -0.25) is 0 Å². The number of rotatable bonds is 4. The van der Waals surface area contributed by atoms with Crippen LogP contribution in [0.25, 0.3) is 0 Å². The first-order valence-electron chi connectivity index (χ1n) is 8.12. The van der Waals surface area contributed by atoms with Crippen molar-refractivity contribution in [3.05, 3.63) is 53.6 Å². The quantitative estimate of drug-likeness (QED) is 0.631. The fourth-order valence-electron chi connectivity index (χ4n) is 3.22. The number of benzene rings is 2. The lowest BCUT2D eigenvalue weighted by Gasteiger charge is -2.25. The molecule has 1 fully saturated rings. The summed E-state index contributed by atoms with van der Waals surface area (Å²) in [4.78, 5) is 0. The zero-order valence-electron chi connectivity index (χ0n) is 13.2. The minimum absolute atomic E-state index is 0.361. The highest BCUT2D eigenvalue weighted by Gasteiger charge is 2.20. The molecule has 0 atom stereocenters. The molecule has 0 spiro atoms. The molecule has 1 saturated carbocycles. The molecule has 3 rings (SSSR count). The number of hydrogen-bond donors (Lipinski definition) is 2. The average molecular weight is 331 g/mol. The van der Waals surface area contributed by atoms with E-state index in [1.807, 2.05) is 24.3 Å². The molecule has 0 saturated heterocycles. The number of nitrogen functional groups attached to an aromatic ring is 2. The van der Waals surface area contributed by atoms with Crippen molar-refractivity contribution in [2.75, 3.05) is 11.5 Å². The first-order valence-corrected chi connectivity index (χ1v) is 8.55. The van der Waals surface area contributed by atoms with E-state index in [4.69, 9.17) is 27.8 Å². The average Bonchev–Trinajstić information content (AvgIpc) is 2.53. The summed E-state index contributed by atoms with van der Waals surface area (Å²) in [7, 11) is 0. The maximum absolute atomic E-state index is 6.18. The minimum atomic E-state index is 0.361. The summed E-state index contributed by atoms with van der Waals surface area (Å²) in [5, 5.41) is 0.361. The van der Waals surface area contributed by atoms with Crippen LogP contribution in [-0.4, -0.2) is 5.38 Å². The smallest absolute Gasteiger partial charge is 0.119 e. The van der Waals surface area contributed by atoms with Crippen molar-refractivity contribution in [2.24, 2.45) is 0 Å². The molecule has 0 heterocycles. The van der Waals surface area contributed by atoms with Gasteiger partial charge in [0, 0.05) is 16.8 Å². The van der Waals surface area contributed by atoms with E-state index in [2.05, 4.69) is 12.1 Å². The van der Waals surface area contributed by atoms with Crippen molar-refractivity contribution in [2.45, 2.75) is 43.6 Å². The highest BCUT2D eigenvalue weighted by atomic mass is 35.5. The molecule has 1 aliphatic rings. The summed E-state index contributed by atoms with van der Waals surface area (Å²) in [6.45, 7) is 0.464. The van der Waals surface area contributed by atoms with Crippen LogP contribution in [0.2, 0.25) is 0 Å². The Morgan fingerprint density at radius 3 is 2.13 bits per heavy atom. The molecule has 23 heavy (non-hydrogen) atoms. The monoisotopic (exact) mass is 330 g/mol. The third-order valence-corrected chi connectivity index (χ3v) is 4.89. The summed E-state index contributed by atoms with van der Waals surface area (Å²) in [6.07, 6.45) is 4.58. The first kappa shape index (κ1) is 16.0. The second-order valence-corrected chi connectivity index (χ2v) is 6.93. The van der Waals surface area contributed by atoms with Gasteiger partial charge in [0.15, 0.2) is 0 Å². The fourth-order valence-corrected chi connectivity index (χ4v) is 3.47. The van der Waals surface area contributed by atoms with Crippen LogP contribution in [0.5, 0.6) is 5.75 Å². The standard InChI is InChI=1S/C19H23ClN2O/c20-16-5-1-14(2-6-16)15-3-7-19(8-4-15)23-12-13-9-17(21)11-18(22)10-13/h3-4,7-11,14,16H,1-2,5-6,12,21-22H2. The molecule has 4 heteroatoms. The van der Waals surface area contributed by atoms with E-state index in [9.17, 15) is 0 Å². The van der Waals surface area contributed by atoms with Gasteiger partial charge in [0.05, 0.1) is 0 Å². The van der Waals surface area contributed by atoms with Crippen molar-refractivity contribution >= 4 is 23.0 Å². The van der Waals surface area contributed by atoms with E-state index < -0.39 is 0 Å². The van der Waals surface area contributed by atoms with E-state index in [1.54, 1.807) is 6.07 Å². The predicted octanol–water partition coefficient (Wildman–Crippen LogP) is 4.70. The number of halogens is 1. The molecule has 0 bridgehead atoms. The van der Waals surface area contributed by atoms with Crippen molar-refractivity contribution in [1.82, 2.24) is 0 Å². The maximum Gasteiger partial charge on any atom is 0.119 e. The number of nitrogens with two attached hydrogens (primary N) is 2. The Hall–Kier alpha value is -1.87. The molecular weight excluding hydrogens is 308 g/mol. The highest BCUT2D eigenvalue weighted by molar-refractivity contribution is 6.20. The number of ether oxygens (including phenoxy) is 1. The molecule has 3 nitrogen and oxygen atoms in total. The second-order valence-electron chi connectivity index (χ2n) is 6.31. The minimum Gasteiger partial charge on any atom is -0.489 e. The number of hydrogen-bond acceptors (Lipinski definition) is 3. The molecule has 0 unspecified atom stereocenters. The van der Waals surface area contributed by atoms with Gasteiger partial charge in [-0.15, -0.1) is 11.6 Å². The molecule has 2 aromatic carbocycles. The predicted molar refractivity (Wildman–Crippen MR) is 96.9 cm³/mol. The van der Waals surface area contributed by atoms with E-state index in [0.717, 1.165) is 24.2 Å². The summed E-state index contributed by atoms with van der Waals surface area (Å²) in [5.74, 6) is 1.49. The van der Waals surface area contributed by atoms with Crippen LogP contribution in [0, 0.1) is 0 Å². The molecule has 1 aliphatic carbocycles. The fraction of sp³-hybridized carbons (Fsp3) is 0.368. The van der Waals surface area contributed by atoms with E-state index >= 15 is 0 Å². The normalized spacial score (nSPS) is 21.1. The van der Waals surface area contributed by atoms with Crippen molar-refractivity contribution in [3.8, 4) is 5.75 Å². The van der Waals surface area contributed by atoms with Crippen LogP contribution in [0.1, 0.15) is 42.7 Å². The van der Waals surface area contributed by atoms with Gasteiger partial charge in [0.25, 0.3) is 0 Å². The molecule has 2 aromatic rings. The van der Waals surface area contributed by atoms with Gasteiger partial charge in [-0.25, -0.2) is 0 Å². The Morgan fingerprint density at radius 2 is 1.52 bits per heavy atom. The van der Waals surface area contributed by atoms with Crippen LogP contribution in [0.3, 0.4) is 0 Å². The lowest BCUT2D eigenvalue weighted by Crippen LogP contribution is -2.12. The van der Waals surface area contributed by atoms with Gasteiger partial charge in [-0.05, 0) is 73.1 Å². The van der Waals surface area contributed by atoms with E-state index in [1.165, 1.54) is 18.4 Å². The molecule has 0 amide bonds. The third-order valence-electron chi connectivity index (χ3n) is 4.45. The van der Waals surface area contributed by atoms with Crippen molar-refractivity contribution in [3.63, 3.8) is 0 Å². The summed E-state index contributed by atoms with van der Waals surface area (Å²) < 4.78 is 5.83. The third kappa shape index (κ3) is 4.32. The van der Waals surface area contributed by atoms with Crippen LogP contribution < -0.4 is 16.2 Å². The second kappa shape index (κ2) is 7.14. The van der Waals surface area contributed by atoms with Gasteiger partial charge in [0.2, 0.25) is 0 Å². The Balaban J connectivity index is 1.59. The Labute approximate surface area is 142 Å². The first-order chi connectivity index (χ1) is 11.1. The Morgan fingerprint density at radius 1 is 0.913 bits per heavy atom.